The van der Waals surface area contributed by atoms with E-state index in [1.165, 1.54) is 11.6 Å². The molecule has 0 saturated heterocycles. The maximum atomic E-state index is 10.7. The van der Waals surface area contributed by atoms with Crippen molar-refractivity contribution in [3.63, 3.8) is 0 Å². The average Bonchev–Trinajstić information content (AvgIpc) is 3.22. The second kappa shape index (κ2) is 6.60. The molecule has 0 atom stereocenters. The average molecular weight is 355 g/mol. The van der Waals surface area contributed by atoms with Gasteiger partial charge in [0.25, 0.3) is 5.89 Å². The number of thiophene rings is 1. The van der Waals surface area contributed by atoms with Gasteiger partial charge in [0, 0.05) is 23.1 Å². The van der Waals surface area contributed by atoms with E-state index in [4.69, 9.17) is 4.52 Å². The third-order valence-electron chi connectivity index (χ3n) is 3.66. The Bertz CT molecular complexity index is 918. The lowest BCUT2D eigenvalue weighted by Crippen LogP contribution is -2.10. The van der Waals surface area contributed by atoms with E-state index in [1.54, 1.807) is 17.5 Å². The Labute approximate surface area is 149 Å². The number of hydrogen-bond acceptors (Lipinski definition) is 6. The first-order chi connectivity index (χ1) is 11.8. The van der Waals surface area contributed by atoms with Crippen molar-refractivity contribution >= 4 is 28.5 Å². The van der Waals surface area contributed by atoms with E-state index in [0.29, 0.717) is 11.7 Å². The first-order valence-corrected chi connectivity index (χ1v) is 8.56. The number of hydrogen-bond donors (Lipinski definition) is 0. The minimum atomic E-state index is -0.409. The SMILES string of the molecule is CC(C)(C)c1ccc(-c2noc(/C=C/c3csc([N+](=O)[O-])c3)n2)cc1. The van der Waals surface area contributed by atoms with Gasteiger partial charge in [0.2, 0.25) is 5.82 Å². The molecule has 0 radical (unpaired) electrons. The van der Waals surface area contributed by atoms with E-state index in [9.17, 15) is 10.1 Å². The summed E-state index contributed by atoms with van der Waals surface area (Å²) >= 11 is 1.08. The first kappa shape index (κ1) is 17.0. The lowest BCUT2D eigenvalue weighted by Gasteiger charge is -2.18. The fraction of sp³-hybridized carbons (Fsp3) is 0.222. The first-order valence-electron chi connectivity index (χ1n) is 7.68. The van der Waals surface area contributed by atoms with Gasteiger partial charge in [-0.25, -0.2) is 0 Å². The highest BCUT2D eigenvalue weighted by Gasteiger charge is 2.14. The molecule has 3 aromatic rings. The van der Waals surface area contributed by atoms with Gasteiger partial charge in [0.15, 0.2) is 0 Å². The molecule has 25 heavy (non-hydrogen) atoms. The Hall–Kier alpha value is -2.80. The summed E-state index contributed by atoms with van der Waals surface area (Å²) in [5, 5.41) is 16.5. The summed E-state index contributed by atoms with van der Waals surface area (Å²) in [5.41, 5.74) is 2.93. The van der Waals surface area contributed by atoms with Crippen LogP contribution in [0.25, 0.3) is 23.5 Å². The van der Waals surface area contributed by atoms with Gasteiger partial charge in [0.1, 0.15) is 0 Å². The van der Waals surface area contributed by atoms with Gasteiger partial charge in [-0.3, -0.25) is 10.1 Å². The fourth-order valence-corrected chi connectivity index (χ4v) is 2.92. The number of benzene rings is 1. The molecule has 0 fully saturated rings. The van der Waals surface area contributed by atoms with Gasteiger partial charge < -0.3 is 4.52 Å². The summed E-state index contributed by atoms with van der Waals surface area (Å²) in [6, 6.07) is 9.57. The normalized spacial score (nSPS) is 12.0. The van der Waals surface area contributed by atoms with Crippen molar-refractivity contribution in [2.75, 3.05) is 0 Å². The Balaban J connectivity index is 1.75. The van der Waals surface area contributed by atoms with Gasteiger partial charge in [-0.05, 0) is 22.6 Å². The number of nitrogens with zero attached hydrogens (tertiary/aromatic N) is 3. The second-order valence-corrected chi connectivity index (χ2v) is 7.48. The topological polar surface area (TPSA) is 82.1 Å². The molecular formula is C18H17N3O3S. The molecule has 0 amide bonds. The van der Waals surface area contributed by atoms with Crippen LogP contribution < -0.4 is 0 Å². The summed E-state index contributed by atoms with van der Waals surface area (Å²) in [6.07, 6.45) is 3.36. The second-order valence-electron chi connectivity index (χ2n) is 6.59. The molecule has 7 heteroatoms. The van der Waals surface area contributed by atoms with Crippen LogP contribution in [0.15, 0.2) is 40.2 Å². The van der Waals surface area contributed by atoms with Crippen molar-refractivity contribution in [1.82, 2.24) is 10.1 Å². The zero-order valence-electron chi connectivity index (χ0n) is 14.1. The smallest absolute Gasteiger partial charge is 0.324 e. The maximum absolute atomic E-state index is 10.7. The van der Waals surface area contributed by atoms with Crippen molar-refractivity contribution in [2.45, 2.75) is 26.2 Å². The van der Waals surface area contributed by atoms with Crippen LogP contribution in [0, 0.1) is 10.1 Å². The molecule has 0 aliphatic carbocycles. The molecular weight excluding hydrogens is 338 g/mol. The fourth-order valence-electron chi connectivity index (χ4n) is 2.23. The molecule has 2 heterocycles. The Morgan fingerprint density at radius 2 is 1.92 bits per heavy atom. The molecule has 6 nitrogen and oxygen atoms in total. The zero-order chi connectivity index (χ0) is 18.0. The molecule has 3 rings (SSSR count). The van der Waals surface area contributed by atoms with Crippen LogP contribution in [-0.4, -0.2) is 15.1 Å². The van der Waals surface area contributed by atoms with E-state index in [0.717, 1.165) is 22.5 Å². The van der Waals surface area contributed by atoms with Crippen LogP contribution in [-0.2, 0) is 5.41 Å². The standard InChI is InChI=1S/C18H17N3O3S/c1-18(2,3)14-7-5-13(6-8-14)17-19-15(24-20-17)9-4-12-10-16(21(22)23)25-11-12/h4-11H,1-3H3/b9-4+. The molecule has 128 valence electrons. The Morgan fingerprint density at radius 3 is 2.52 bits per heavy atom. The Kier molecular flexibility index (Phi) is 4.50. The lowest BCUT2D eigenvalue weighted by atomic mass is 9.87. The highest BCUT2D eigenvalue weighted by atomic mass is 32.1. The van der Waals surface area contributed by atoms with E-state index >= 15 is 0 Å². The number of rotatable bonds is 4. The van der Waals surface area contributed by atoms with Crippen molar-refractivity contribution in [1.29, 1.82) is 0 Å². The van der Waals surface area contributed by atoms with Crippen LogP contribution in [0.3, 0.4) is 0 Å². The highest BCUT2D eigenvalue weighted by Crippen LogP contribution is 2.26. The van der Waals surface area contributed by atoms with Crippen LogP contribution in [0.2, 0.25) is 0 Å². The van der Waals surface area contributed by atoms with Gasteiger partial charge in [-0.2, -0.15) is 4.98 Å². The van der Waals surface area contributed by atoms with Crippen LogP contribution in [0.1, 0.15) is 37.8 Å². The largest absolute Gasteiger partial charge is 0.334 e. The van der Waals surface area contributed by atoms with E-state index in [2.05, 4.69) is 43.0 Å². The predicted molar refractivity (Wildman–Crippen MR) is 98.3 cm³/mol. The summed E-state index contributed by atoms with van der Waals surface area (Å²) in [7, 11) is 0. The maximum Gasteiger partial charge on any atom is 0.324 e. The molecule has 0 aliphatic heterocycles. The van der Waals surface area contributed by atoms with Crippen LogP contribution in [0.4, 0.5) is 5.00 Å². The number of nitro groups is 1. The van der Waals surface area contributed by atoms with Gasteiger partial charge in [-0.15, -0.1) is 0 Å². The predicted octanol–water partition coefficient (Wildman–Crippen LogP) is 5.17. The highest BCUT2D eigenvalue weighted by molar-refractivity contribution is 7.13. The zero-order valence-corrected chi connectivity index (χ0v) is 14.9. The van der Waals surface area contributed by atoms with Crippen molar-refractivity contribution < 1.29 is 9.45 Å². The summed E-state index contributed by atoms with van der Waals surface area (Å²) in [6.45, 7) is 6.48. The molecule has 0 aliphatic rings. The van der Waals surface area contributed by atoms with E-state index in [-0.39, 0.29) is 10.4 Å². The molecule has 0 bridgehead atoms. The van der Waals surface area contributed by atoms with Gasteiger partial charge in [-0.1, -0.05) is 61.5 Å². The van der Waals surface area contributed by atoms with Crippen molar-refractivity contribution in [2.24, 2.45) is 0 Å². The quantitative estimate of drug-likeness (QED) is 0.476. The summed E-state index contributed by atoms with van der Waals surface area (Å²) in [4.78, 5) is 14.6. The minimum Gasteiger partial charge on any atom is -0.334 e. The third-order valence-corrected chi connectivity index (χ3v) is 4.55. The van der Waals surface area contributed by atoms with Gasteiger partial charge in [0.05, 0.1) is 4.92 Å². The molecule has 0 N–H and O–H groups in total. The van der Waals surface area contributed by atoms with E-state index < -0.39 is 4.92 Å². The summed E-state index contributed by atoms with van der Waals surface area (Å²) in [5.74, 6) is 0.861. The summed E-state index contributed by atoms with van der Waals surface area (Å²) < 4.78 is 5.21. The van der Waals surface area contributed by atoms with Crippen molar-refractivity contribution in [3.05, 3.63) is 62.8 Å². The third kappa shape index (κ3) is 4.00. The molecule has 1 aromatic carbocycles. The molecule has 0 spiro atoms. The lowest BCUT2D eigenvalue weighted by molar-refractivity contribution is -0.380. The number of aromatic nitrogens is 2. The van der Waals surface area contributed by atoms with Crippen molar-refractivity contribution in [3.8, 4) is 11.4 Å². The van der Waals surface area contributed by atoms with E-state index in [1.807, 2.05) is 12.1 Å². The molecule has 0 saturated carbocycles. The van der Waals surface area contributed by atoms with Crippen LogP contribution >= 0.6 is 11.3 Å². The molecule has 0 unspecified atom stereocenters. The van der Waals surface area contributed by atoms with Crippen LogP contribution in [0.5, 0.6) is 0 Å². The molecule has 2 aromatic heterocycles. The Morgan fingerprint density at radius 1 is 1.20 bits per heavy atom. The van der Waals surface area contributed by atoms with Gasteiger partial charge >= 0.3 is 5.00 Å². The minimum absolute atomic E-state index is 0.0901. The monoisotopic (exact) mass is 355 g/mol.